The zero-order chi connectivity index (χ0) is 24.8. The predicted molar refractivity (Wildman–Crippen MR) is 129 cm³/mol. The van der Waals surface area contributed by atoms with Crippen LogP contribution in [0, 0.1) is 0 Å². The molecule has 1 aliphatic rings. The van der Waals surface area contributed by atoms with Gasteiger partial charge in [0.1, 0.15) is 12.1 Å². The second-order valence-electron chi connectivity index (χ2n) is 8.08. The number of piperidine rings is 1. The van der Waals surface area contributed by atoms with Gasteiger partial charge in [0.2, 0.25) is 11.8 Å². The molecular weight excluding hydrogens is 481 g/mol. The standard InChI is InChI=1S/C24H25Cl2N3O5/c1-14(30)29-12-3-2-7-20(29)22(31)28-19(24(33)34)13-15-8-10-16(11-9-15)27-23(32)21-17(25)5-4-6-18(21)26/h4-6,8-11,19-20H,2-3,7,12-13H2,1H3,(H,27,32)(H,28,31)(H,33,34)/t19-,20?/m0/s1. The third-order valence-electron chi connectivity index (χ3n) is 5.67. The molecule has 1 aliphatic heterocycles. The fraction of sp³-hybridized carbons (Fsp3) is 0.333. The number of carboxylic acid groups (broad SMARTS) is 1. The van der Waals surface area contributed by atoms with E-state index in [0.717, 1.165) is 12.8 Å². The van der Waals surface area contributed by atoms with Crippen LogP contribution in [0.3, 0.4) is 0 Å². The van der Waals surface area contributed by atoms with E-state index in [1.807, 2.05) is 0 Å². The summed E-state index contributed by atoms with van der Waals surface area (Å²) in [6.45, 7) is 1.89. The Bertz CT molecular complexity index is 1070. The normalized spacial score (nSPS) is 16.4. The summed E-state index contributed by atoms with van der Waals surface area (Å²) in [5.74, 6) is -2.32. The molecule has 0 bridgehead atoms. The first-order valence-corrected chi connectivity index (χ1v) is 11.6. The Hall–Kier alpha value is -3.10. The Morgan fingerprint density at radius 1 is 1.06 bits per heavy atom. The molecule has 0 aromatic heterocycles. The maximum absolute atomic E-state index is 12.7. The van der Waals surface area contributed by atoms with Gasteiger partial charge in [-0.15, -0.1) is 0 Å². The van der Waals surface area contributed by atoms with Crippen molar-refractivity contribution in [2.24, 2.45) is 0 Å². The van der Waals surface area contributed by atoms with Gasteiger partial charge in [0, 0.05) is 25.6 Å². The highest BCUT2D eigenvalue weighted by Gasteiger charge is 2.32. The number of amides is 3. The highest BCUT2D eigenvalue weighted by Crippen LogP contribution is 2.25. The van der Waals surface area contributed by atoms with Crippen LogP contribution in [-0.4, -0.2) is 52.3 Å². The van der Waals surface area contributed by atoms with E-state index >= 15 is 0 Å². The first kappa shape index (κ1) is 25.5. The number of nitrogens with one attached hydrogen (secondary N) is 2. The molecule has 2 atom stereocenters. The summed E-state index contributed by atoms with van der Waals surface area (Å²) in [7, 11) is 0. The van der Waals surface area contributed by atoms with Crippen molar-refractivity contribution in [3.8, 4) is 0 Å². The molecule has 1 heterocycles. The topological polar surface area (TPSA) is 116 Å². The molecule has 0 spiro atoms. The molecule has 2 aromatic carbocycles. The number of carboxylic acids is 1. The average molecular weight is 506 g/mol. The molecule has 3 rings (SSSR count). The summed E-state index contributed by atoms with van der Waals surface area (Å²) in [6, 6.07) is 9.51. The van der Waals surface area contributed by atoms with Crippen molar-refractivity contribution < 1.29 is 24.3 Å². The maximum atomic E-state index is 12.7. The van der Waals surface area contributed by atoms with Gasteiger partial charge in [-0.1, -0.05) is 41.4 Å². The van der Waals surface area contributed by atoms with Gasteiger partial charge < -0.3 is 20.6 Å². The lowest BCUT2D eigenvalue weighted by atomic mass is 10.00. The van der Waals surface area contributed by atoms with Crippen molar-refractivity contribution in [1.29, 1.82) is 0 Å². The predicted octanol–water partition coefficient (Wildman–Crippen LogP) is 3.76. The molecule has 1 unspecified atom stereocenters. The Morgan fingerprint density at radius 3 is 2.29 bits per heavy atom. The molecule has 0 aliphatic carbocycles. The number of carbonyl (C=O) groups is 4. The minimum Gasteiger partial charge on any atom is -0.480 e. The van der Waals surface area contributed by atoms with E-state index < -0.39 is 29.9 Å². The Balaban J connectivity index is 1.65. The van der Waals surface area contributed by atoms with Crippen molar-refractivity contribution in [3.63, 3.8) is 0 Å². The summed E-state index contributed by atoms with van der Waals surface area (Å²) >= 11 is 12.1. The van der Waals surface area contributed by atoms with Gasteiger partial charge in [0.25, 0.3) is 5.91 Å². The Kier molecular flexibility index (Phi) is 8.52. The number of likely N-dealkylation sites (tertiary alicyclic amines) is 1. The number of carbonyl (C=O) groups excluding carboxylic acids is 3. The SMILES string of the molecule is CC(=O)N1CCCCC1C(=O)N[C@@H](Cc1ccc(NC(=O)c2c(Cl)cccc2Cl)cc1)C(=O)O. The molecule has 3 amide bonds. The molecule has 8 nitrogen and oxygen atoms in total. The third-order valence-corrected chi connectivity index (χ3v) is 6.30. The number of hydrogen-bond donors (Lipinski definition) is 3. The number of hydrogen-bond acceptors (Lipinski definition) is 4. The van der Waals surface area contributed by atoms with Gasteiger partial charge in [-0.2, -0.15) is 0 Å². The lowest BCUT2D eigenvalue weighted by Crippen LogP contribution is -2.54. The van der Waals surface area contributed by atoms with Crippen LogP contribution >= 0.6 is 23.2 Å². The molecule has 1 fully saturated rings. The van der Waals surface area contributed by atoms with Gasteiger partial charge in [0.05, 0.1) is 15.6 Å². The molecule has 2 aromatic rings. The number of halogens is 2. The summed E-state index contributed by atoms with van der Waals surface area (Å²) in [6.07, 6.45) is 2.16. The zero-order valence-corrected chi connectivity index (χ0v) is 20.0. The van der Waals surface area contributed by atoms with Crippen molar-refractivity contribution in [2.45, 2.75) is 44.7 Å². The molecule has 10 heteroatoms. The number of nitrogens with zero attached hydrogens (tertiary/aromatic N) is 1. The summed E-state index contributed by atoms with van der Waals surface area (Å²) in [5.41, 5.74) is 1.28. The molecule has 34 heavy (non-hydrogen) atoms. The van der Waals surface area contributed by atoms with E-state index in [1.165, 1.54) is 11.8 Å². The first-order valence-electron chi connectivity index (χ1n) is 10.8. The molecular formula is C24H25Cl2N3O5. The molecule has 0 radical (unpaired) electrons. The van der Waals surface area contributed by atoms with Gasteiger partial charge in [-0.3, -0.25) is 14.4 Å². The summed E-state index contributed by atoms with van der Waals surface area (Å²) < 4.78 is 0. The monoisotopic (exact) mass is 505 g/mol. The minimum absolute atomic E-state index is 0.0401. The van der Waals surface area contributed by atoms with Crippen LogP contribution in [0.2, 0.25) is 10.0 Å². The lowest BCUT2D eigenvalue weighted by molar-refractivity contribution is -0.145. The largest absolute Gasteiger partial charge is 0.480 e. The van der Waals surface area contributed by atoms with Gasteiger partial charge >= 0.3 is 5.97 Å². The van der Waals surface area contributed by atoms with E-state index in [9.17, 15) is 24.3 Å². The highest BCUT2D eigenvalue weighted by atomic mass is 35.5. The van der Waals surface area contributed by atoms with E-state index in [1.54, 1.807) is 42.5 Å². The molecule has 3 N–H and O–H groups in total. The Morgan fingerprint density at radius 2 is 1.71 bits per heavy atom. The number of aliphatic carboxylic acids is 1. The summed E-state index contributed by atoms with van der Waals surface area (Å²) in [4.78, 5) is 50.4. The smallest absolute Gasteiger partial charge is 0.326 e. The van der Waals surface area contributed by atoms with Crippen LogP contribution in [0.15, 0.2) is 42.5 Å². The average Bonchev–Trinajstić information content (AvgIpc) is 2.79. The fourth-order valence-electron chi connectivity index (χ4n) is 3.92. The van der Waals surface area contributed by atoms with Crippen molar-refractivity contribution in [2.75, 3.05) is 11.9 Å². The first-order chi connectivity index (χ1) is 16.2. The van der Waals surface area contributed by atoms with Crippen molar-refractivity contribution in [1.82, 2.24) is 10.2 Å². The second-order valence-corrected chi connectivity index (χ2v) is 8.89. The van der Waals surface area contributed by atoms with Crippen molar-refractivity contribution >= 4 is 52.6 Å². The molecule has 0 saturated carbocycles. The highest BCUT2D eigenvalue weighted by molar-refractivity contribution is 6.40. The zero-order valence-electron chi connectivity index (χ0n) is 18.5. The van der Waals surface area contributed by atoms with Gasteiger partial charge in [0.15, 0.2) is 0 Å². The lowest BCUT2D eigenvalue weighted by Gasteiger charge is -2.34. The van der Waals surface area contributed by atoms with Crippen LogP contribution in [-0.2, 0) is 20.8 Å². The van der Waals surface area contributed by atoms with Crippen molar-refractivity contribution in [3.05, 3.63) is 63.6 Å². The van der Waals surface area contributed by atoms with E-state index in [4.69, 9.17) is 23.2 Å². The minimum atomic E-state index is -1.18. The van der Waals surface area contributed by atoms with E-state index in [2.05, 4.69) is 10.6 Å². The third kappa shape index (κ3) is 6.27. The Labute approximate surface area is 207 Å². The molecule has 180 valence electrons. The van der Waals surface area contributed by atoms with Gasteiger partial charge in [-0.05, 0) is 49.1 Å². The number of anilines is 1. The van der Waals surface area contributed by atoms with Crippen LogP contribution in [0.25, 0.3) is 0 Å². The summed E-state index contributed by atoms with van der Waals surface area (Å²) in [5, 5.41) is 15.4. The van der Waals surface area contributed by atoms with Crippen LogP contribution in [0.4, 0.5) is 5.69 Å². The quantitative estimate of drug-likeness (QED) is 0.529. The van der Waals surface area contributed by atoms with Crippen LogP contribution in [0.1, 0.15) is 42.1 Å². The van der Waals surface area contributed by atoms with Gasteiger partial charge in [-0.25, -0.2) is 4.79 Å². The number of benzene rings is 2. The molecule has 1 saturated heterocycles. The van der Waals surface area contributed by atoms with E-state index in [-0.39, 0.29) is 27.9 Å². The van der Waals surface area contributed by atoms with E-state index in [0.29, 0.717) is 24.2 Å². The fourth-order valence-corrected chi connectivity index (χ4v) is 4.49. The second kappa shape index (κ2) is 11.4. The van der Waals surface area contributed by atoms with Crippen LogP contribution < -0.4 is 10.6 Å². The maximum Gasteiger partial charge on any atom is 0.326 e. The van der Waals surface area contributed by atoms with Crippen LogP contribution in [0.5, 0.6) is 0 Å². The number of rotatable bonds is 7.